The third kappa shape index (κ3) is 2.72. The largest absolute Gasteiger partial charge is 0.416 e. The summed E-state index contributed by atoms with van der Waals surface area (Å²) in [7, 11) is 1.92. The molecule has 0 bridgehead atoms. The first-order chi connectivity index (χ1) is 7.98. The van der Waals surface area contributed by atoms with E-state index in [4.69, 9.17) is 0 Å². The predicted molar refractivity (Wildman–Crippen MR) is 61.1 cm³/mol. The first-order valence-electron chi connectivity index (χ1n) is 5.59. The van der Waals surface area contributed by atoms with Gasteiger partial charge in [0.05, 0.1) is 5.56 Å². The van der Waals surface area contributed by atoms with Crippen molar-refractivity contribution in [1.29, 1.82) is 0 Å². The number of anilines is 1. The van der Waals surface area contributed by atoms with Crippen LogP contribution < -0.4 is 10.2 Å². The standard InChI is InChI=1S/C12H15F3N2/c1-17(11-6-7-16-8-11)10-4-2-9(3-5-10)12(13,14)15/h2-5,11,16H,6-8H2,1H3. The minimum absolute atomic E-state index is 0.367. The van der Waals surface area contributed by atoms with Crippen LogP contribution in [0.2, 0.25) is 0 Å². The Morgan fingerprint density at radius 2 is 1.88 bits per heavy atom. The second kappa shape index (κ2) is 4.56. The van der Waals surface area contributed by atoms with E-state index in [0.717, 1.165) is 37.3 Å². The summed E-state index contributed by atoms with van der Waals surface area (Å²) < 4.78 is 37.2. The van der Waals surface area contributed by atoms with Crippen molar-refractivity contribution < 1.29 is 13.2 Å². The number of hydrogen-bond acceptors (Lipinski definition) is 2. The van der Waals surface area contributed by atoms with Crippen LogP contribution in [0.15, 0.2) is 24.3 Å². The van der Waals surface area contributed by atoms with Crippen LogP contribution in [0.25, 0.3) is 0 Å². The van der Waals surface area contributed by atoms with Gasteiger partial charge < -0.3 is 10.2 Å². The fraction of sp³-hybridized carbons (Fsp3) is 0.500. The van der Waals surface area contributed by atoms with E-state index >= 15 is 0 Å². The molecule has 0 radical (unpaired) electrons. The normalized spacial score (nSPS) is 20.6. The molecule has 0 spiro atoms. The van der Waals surface area contributed by atoms with Crippen molar-refractivity contribution in [2.24, 2.45) is 0 Å². The van der Waals surface area contributed by atoms with E-state index in [0.29, 0.717) is 6.04 Å². The average molecular weight is 244 g/mol. The van der Waals surface area contributed by atoms with Gasteiger partial charge in [-0.1, -0.05) is 0 Å². The lowest BCUT2D eigenvalue weighted by Gasteiger charge is -2.26. The number of benzene rings is 1. The van der Waals surface area contributed by atoms with Gasteiger partial charge in [0.25, 0.3) is 0 Å². The SMILES string of the molecule is CN(c1ccc(C(F)(F)F)cc1)C1CCNC1. The maximum atomic E-state index is 12.4. The van der Waals surface area contributed by atoms with Gasteiger partial charge in [-0.05, 0) is 37.2 Å². The van der Waals surface area contributed by atoms with Crippen LogP contribution in [0.4, 0.5) is 18.9 Å². The Hall–Kier alpha value is -1.23. The van der Waals surface area contributed by atoms with Crippen LogP contribution in [0, 0.1) is 0 Å². The van der Waals surface area contributed by atoms with Crippen molar-refractivity contribution in [3.63, 3.8) is 0 Å². The van der Waals surface area contributed by atoms with E-state index < -0.39 is 11.7 Å². The molecule has 0 amide bonds. The first kappa shape index (κ1) is 12.2. The molecule has 94 valence electrons. The fourth-order valence-corrected chi connectivity index (χ4v) is 2.07. The zero-order valence-electron chi connectivity index (χ0n) is 9.59. The zero-order chi connectivity index (χ0) is 12.5. The smallest absolute Gasteiger partial charge is 0.370 e. The molecule has 0 saturated carbocycles. The molecule has 1 fully saturated rings. The molecule has 0 aromatic heterocycles. The summed E-state index contributed by atoms with van der Waals surface area (Å²) in [5.41, 5.74) is 0.228. The third-order valence-corrected chi connectivity index (χ3v) is 3.18. The van der Waals surface area contributed by atoms with Crippen molar-refractivity contribution in [3.05, 3.63) is 29.8 Å². The molecule has 17 heavy (non-hydrogen) atoms. The Morgan fingerprint density at radius 3 is 2.35 bits per heavy atom. The molecule has 2 nitrogen and oxygen atoms in total. The van der Waals surface area contributed by atoms with Gasteiger partial charge in [0.15, 0.2) is 0 Å². The molecule has 0 aliphatic carbocycles. The molecule has 1 N–H and O–H groups in total. The Morgan fingerprint density at radius 1 is 1.24 bits per heavy atom. The van der Waals surface area contributed by atoms with E-state index in [2.05, 4.69) is 5.32 Å². The quantitative estimate of drug-likeness (QED) is 0.860. The second-order valence-corrected chi connectivity index (χ2v) is 4.30. The molecular weight excluding hydrogens is 229 g/mol. The molecule has 1 aliphatic heterocycles. The molecular formula is C12H15F3N2. The van der Waals surface area contributed by atoms with Crippen LogP contribution in [0.1, 0.15) is 12.0 Å². The van der Waals surface area contributed by atoms with E-state index in [1.807, 2.05) is 11.9 Å². The average Bonchev–Trinajstić information content (AvgIpc) is 2.80. The van der Waals surface area contributed by atoms with E-state index in [1.165, 1.54) is 12.1 Å². The lowest BCUT2D eigenvalue weighted by atomic mass is 10.1. The Bertz CT molecular complexity index is 366. The highest BCUT2D eigenvalue weighted by Gasteiger charge is 2.30. The Labute approximate surface area is 98.4 Å². The van der Waals surface area contributed by atoms with Gasteiger partial charge in [0, 0.05) is 25.3 Å². The van der Waals surface area contributed by atoms with E-state index in [9.17, 15) is 13.2 Å². The zero-order valence-corrected chi connectivity index (χ0v) is 9.59. The highest BCUT2D eigenvalue weighted by molar-refractivity contribution is 5.48. The van der Waals surface area contributed by atoms with Crippen molar-refractivity contribution in [3.8, 4) is 0 Å². The molecule has 1 saturated heterocycles. The minimum Gasteiger partial charge on any atom is -0.370 e. The summed E-state index contributed by atoms with van der Waals surface area (Å²) in [5.74, 6) is 0. The van der Waals surface area contributed by atoms with Crippen molar-refractivity contribution in [2.75, 3.05) is 25.0 Å². The van der Waals surface area contributed by atoms with Crippen LogP contribution in [0.5, 0.6) is 0 Å². The highest BCUT2D eigenvalue weighted by atomic mass is 19.4. The summed E-state index contributed by atoms with van der Waals surface area (Å²) >= 11 is 0. The summed E-state index contributed by atoms with van der Waals surface area (Å²) in [6, 6.07) is 5.69. The number of nitrogens with one attached hydrogen (secondary N) is 1. The lowest BCUT2D eigenvalue weighted by molar-refractivity contribution is -0.137. The topological polar surface area (TPSA) is 15.3 Å². The van der Waals surface area contributed by atoms with Crippen molar-refractivity contribution in [2.45, 2.75) is 18.6 Å². The molecule has 1 aromatic rings. The number of rotatable bonds is 2. The molecule has 2 rings (SSSR count). The van der Waals surface area contributed by atoms with Crippen LogP contribution >= 0.6 is 0 Å². The maximum Gasteiger partial charge on any atom is 0.416 e. The van der Waals surface area contributed by atoms with E-state index in [-0.39, 0.29) is 0 Å². The van der Waals surface area contributed by atoms with Gasteiger partial charge in [-0.2, -0.15) is 13.2 Å². The number of hydrogen-bond donors (Lipinski definition) is 1. The summed E-state index contributed by atoms with van der Waals surface area (Å²) in [6.45, 7) is 1.85. The van der Waals surface area contributed by atoms with Crippen molar-refractivity contribution >= 4 is 5.69 Å². The Balaban J connectivity index is 2.12. The maximum absolute atomic E-state index is 12.4. The number of likely N-dealkylation sites (N-methyl/N-ethyl adjacent to an activating group) is 1. The van der Waals surface area contributed by atoms with Gasteiger partial charge in [0.2, 0.25) is 0 Å². The monoisotopic (exact) mass is 244 g/mol. The van der Waals surface area contributed by atoms with Crippen LogP contribution in [-0.2, 0) is 6.18 Å². The highest BCUT2D eigenvalue weighted by Crippen LogP contribution is 2.30. The lowest BCUT2D eigenvalue weighted by Crippen LogP contribution is -2.33. The molecule has 1 unspecified atom stereocenters. The van der Waals surface area contributed by atoms with Gasteiger partial charge in [-0.3, -0.25) is 0 Å². The van der Waals surface area contributed by atoms with Crippen LogP contribution in [-0.4, -0.2) is 26.2 Å². The first-order valence-corrected chi connectivity index (χ1v) is 5.59. The molecule has 1 heterocycles. The number of halogens is 3. The summed E-state index contributed by atoms with van der Waals surface area (Å²) in [6.07, 6.45) is -3.23. The van der Waals surface area contributed by atoms with Crippen LogP contribution in [0.3, 0.4) is 0 Å². The second-order valence-electron chi connectivity index (χ2n) is 4.30. The summed E-state index contributed by atoms with van der Waals surface area (Å²) in [4.78, 5) is 2.03. The predicted octanol–water partition coefficient (Wildman–Crippen LogP) is 2.50. The third-order valence-electron chi connectivity index (χ3n) is 3.18. The fourth-order valence-electron chi connectivity index (χ4n) is 2.07. The van der Waals surface area contributed by atoms with Gasteiger partial charge in [0.1, 0.15) is 0 Å². The Kier molecular flexibility index (Phi) is 3.28. The van der Waals surface area contributed by atoms with Gasteiger partial charge in [-0.25, -0.2) is 0 Å². The summed E-state index contributed by atoms with van der Waals surface area (Å²) in [5, 5.41) is 3.24. The molecule has 1 aromatic carbocycles. The van der Waals surface area contributed by atoms with Gasteiger partial charge in [-0.15, -0.1) is 0 Å². The van der Waals surface area contributed by atoms with Gasteiger partial charge >= 0.3 is 6.18 Å². The molecule has 5 heteroatoms. The number of nitrogens with zero attached hydrogens (tertiary/aromatic N) is 1. The molecule has 1 aliphatic rings. The minimum atomic E-state index is -4.26. The number of alkyl halides is 3. The van der Waals surface area contributed by atoms with Crippen molar-refractivity contribution in [1.82, 2.24) is 5.32 Å². The van der Waals surface area contributed by atoms with E-state index in [1.54, 1.807) is 0 Å². The molecule has 1 atom stereocenters.